The number of aryl methyl sites for hydroxylation is 1. The Bertz CT molecular complexity index is 520. The van der Waals surface area contributed by atoms with Gasteiger partial charge in [-0.15, -0.1) is 0 Å². The van der Waals surface area contributed by atoms with Gasteiger partial charge >= 0.3 is 0 Å². The Balaban J connectivity index is 2.44. The van der Waals surface area contributed by atoms with Crippen LogP contribution in [0.4, 0.5) is 0 Å². The summed E-state index contributed by atoms with van der Waals surface area (Å²) in [6, 6.07) is 9.52. The maximum atomic E-state index is 9.97. The van der Waals surface area contributed by atoms with Crippen LogP contribution < -0.4 is 4.74 Å². The number of methoxy groups -OCH3 is 1. The van der Waals surface area contributed by atoms with Crippen LogP contribution in [0.5, 0.6) is 11.5 Å². The highest BCUT2D eigenvalue weighted by Crippen LogP contribution is 2.35. The molecule has 3 nitrogen and oxygen atoms in total. The molecule has 0 aliphatic rings. The maximum absolute atomic E-state index is 9.97. The monoisotopic (exact) mass is 232 g/mol. The van der Waals surface area contributed by atoms with Crippen molar-refractivity contribution in [2.45, 2.75) is 6.92 Å². The summed E-state index contributed by atoms with van der Waals surface area (Å²) in [6.07, 6.45) is 0. The Morgan fingerprint density at radius 3 is 2.53 bits per heavy atom. The van der Waals surface area contributed by atoms with Crippen LogP contribution in [0.1, 0.15) is 5.56 Å². The molecule has 0 saturated carbocycles. The molecule has 0 aromatic heterocycles. The Hall–Kier alpha value is -1.74. The van der Waals surface area contributed by atoms with Gasteiger partial charge in [0.2, 0.25) is 0 Å². The number of aromatic hydroxyl groups is 1. The first-order valence-corrected chi connectivity index (χ1v) is 5.57. The van der Waals surface area contributed by atoms with E-state index in [0.29, 0.717) is 19.0 Å². The number of ether oxygens (including phenoxy) is 2. The Labute approximate surface area is 101 Å². The molecule has 0 bridgehead atoms. The molecular formula is C14H16O3. The third-order valence-corrected chi connectivity index (χ3v) is 2.71. The standard InChI is InChI=1S/C14H16O3/c1-10-9-13(17-8-7-16-2)11-5-3-4-6-12(11)14(10)15/h3-6,9,15H,7-8H2,1-2H3. The summed E-state index contributed by atoms with van der Waals surface area (Å²) >= 11 is 0. The highest BCUT2D eigenvalue weighted by atomic mass is 16.5. The minimum Gasteiger partial charge on any atom is -0.507 e. The van der Waals surface area contributed by atoms with Crippen molar-refractivity contribution in [1.29, 1.82) is 0 Å². The average molecular weight is 232 g/mol. The molecule has 0 aliphatic heterocycles. The molecule has 0 fully saturated rings. The predicted molar refractivity (Wildman–Crippen MR) is 67.7 cm³/mol. The van der Waals surface area contributed by atoms with E-state index < -0.39 is 0 Å². The molecule has 0 unspecified atom stereocenters. The summed E-state index contributed by atoms with van der Waals surface area (Å²) in [5, 5.41) is 11.7. The summed E-state index contributed by atoms with van der Waals surface area (Å²) in [7, 11) is 1.64. The smallest absolute Gasteiger partial charge is 0.127 e. The normalized spacial score (nSPS) is 10.7. The van der Waals surface area contributed by atoms with E-state index in [4.69, 9.17) is 9.47 Å². The minimum absolute atomic E-state index is 0.319. The van der Waals surface area contributed by atoms with E-state index >= 15 is 0 Å². The van der Waals surface area contributed by atoms with Crippen LogP contribution in [-0.4, -0.2) is 25.4 Å². The van der Waals surface area contributed by atoms with Crippen molar-refractivity contribution < 1.29 is 14.6 Å². The third-order valence-electron chi connectivity index (χ3n) is 2.71. The van der Waals surface area contributed by atoms with Gasteiger partial charge in [0.25, 0.3) is 0 Å². The molecule has 1 N–H and O–H groups in total. The van der Waals surface area contributed by atoms with Gasteiger partial charge in [0.05, 0.1) is 6.61 Å². The van der Waals surface area contributed by atoms with Crippen molar-refractivity contribution in [3.05, 3.63) is 35.9 Å². The van der Waals surface area contributed by atoms with Gasteiger partial charge in [-0.05, 0) is 18.6 Å². The van der Waals surface area contributed by atoms with Crippen molar-refractivity contribution in [2.75, 3.05) is 20.3 Å². The second-order valence-electron chi connectivity index (χ2n) is 3.93. The number of phenolic OH excluding ortho intramolecular Hbond substituents is 1. The fourth-order valence-corrected chi connectivity index (χ4v) is 1.81. The molecule has 0 spiro atoms. The molecule has 0 radical (unpaired) electrons. The van der Waals surface area contributed by atoms with Gasteiger partial charge in [-0.25, -0.2) is 0 Å². The number of hydrogen-bond donors (Lipinski definition) is 1. The fraction of sp³-hybridized carbons (Fsp3) is 0.286. The van der Waals surface area contributed by atoms with Crippen LogP contribution >= 0.6 is 0 Å². The molecule has 0 atom stereocenters. The van der Waals surface area contributed by atoms with Crippen molar-refractivity contribution in [1.82, 2.24) is 0 Å². The highest BCUT2D eigenvalue weighted by Gasteiger charge is 2.08. The third kappa shape index (κ3) is 2.34. The Morgan fingerprint density at radius 1 is 1.12 bits per heavy atom. The lowest BCUT2D eigenvalue weighted by Gasteiger charge is -2.12. The average Bonchev–Trinajstić information content (AvgIpc) is 2.36. The largest absolute Gasteiger partial charge is 0.507 e. The van der Waals surface area contributed by atoms with Crippen molar-refractivity contribution in [3.8, 4) is 11.5 Å². The van der Waals surface area contributed by atoms with Crippen LogP contribution in [0.15, 0.2) is 30.3 Å². The second-order valence-corrected chi connectivity index (χ2v) is 3.93. The molecule has 17 heavy (non-hydrogen) atoms. The minimum atomic E-state index is 0.319. The maximum Gasteiger partial charge on any atom is 0.127 e. The van der Waals surface area contributed by atoms with Crippen LogP contribution in [0, 0.1) is 6.92 Å². The first kappa shape index (κ1) is 11.7. The molecule has 0 heterocycles. The van der Waals surface area contributed by atoms with E-state index in [0.717, 1.165) is 22.1 Å². The number of fused-ring (bicyclic) bond motifs is 1. The zero-order valence-corrected chi connectivity index (χ0v) is 10.1. The summed E-state index contributed by atoms with van der Waals surface area (Å²) in [6.45, 7) is 2.92. The van der Waals surface area contributed by atoms with Gasteiger partial charge in [-0.3, -0.25) is 0 Å². The lowest BCUT2D eigenvalue weighted by Crippen LogP contribution is -2.04. The molecule has 2 aromatic carbocycles. The van der Waals surface area contributed by atoms with E-state index in [1.807, 2.05) is 37.3 Å². The van der Waals surface area contributed by atoms with Crippen molar-refractivity contribution >= 4 is 10.8 Å². The zero-order valence-electron chi connectivity index (χ0n) is 10.1. The van der Waals surface area contributed by atoms with Gasteiger partial charge in [0, 0.05) is 17.9 Å². The molecule has 0 saturated heterocycles. The van der Waals surface area contributed by atoms with E-state index in [2.05, 4.69) is 0 Å². The number of hydrogen-bond acceptors (Lipinski definition) is 3. The van der Waals surface area contributed by atoms with E-state index in [1.165, 1.54) is 0 Å². The molecule has 2 aromatic rings. The quantitative estimate of drug-likeness (QED) is 0.824. The number of phenols is 1. The molecule has 0 aliphatic carbocycles. The zero-order chi connectivity index (χ0) is 12.3. The van der Waals surface area contributed by atoms with Gasteiger partial charge in [-0.1, -0.05) is 24.3 Å². The van der Waals surface area contributed by atoms with E-state index in [-0.39, 0.29) is 0 Å². The molecule has 2 rings (SSSR count). The van der Waals surface area contributed by atoms with Crippen LogP contribution in [0.2, 0.25) is 0 Å². The lowest BCUT2D eigenvalue weighted by atomic mass is 10.1. The van der Waals surface area contributed by atoms with Crippen LogP contribution in [-0.2, 0) is 4.74 Å². The van der Waals surface area contributed by atoms with E-state index in [1.54, 1.807) is 7.11 Å². The fourth-order valence-electron chi connectivity index (χ4n) is 1.81. The Kier molecular flexibility index (Phi) is 3.49. The Morgan fingerprint density at radius 2 is 1.82 bits per heavy atom. The summed E-state index contributed by atoms with van der Waals surface area (Å²) in [5.74, 6) is 1.10. The second kappa shape index (κ2) is 5.06. The van der Waals surface area contributed by atoms with Gasteiger partial charge in [0.1, 0.15) is 18.1 Å². The molecule has 90 valence electrons. The van der Waals surface area contributed by atoms with Gasteiger partial charge in [0.15, 0.2) is 0 Å². The summed E-state index contributed by atoms with van der Waals surface area (Å²) in [4.78, 5) is 0. The topological polar surface area (TPSA) is 38.7 Å². The summed E-state index contributed by atoms with van der Waals surface area (Å²) < 4.78 is 10.6. The van der Waals surface area contributed by atoms with E-state index in [9.17, 15) is 5.11 Å². The number of rotatable bonds is 4. The van der Waals surface area contributed by atoms with Crippen LogP contribution in [0.25, 0.3) is 10.8 Å². The summed E-state index contributed by atoms with van der Waals surface area (Å²) in [5.41, 5.74) is 0.816. The first-order valence-electron chi connectivity index (χ1n) is 5.57. The molecule has 3 heteroatoms. The molecular weight excluding hydrogens is 216 g/mol. The van der Waals surface area contributed by atoms with Crippen molar-refractivity contribution in [3.63, 3.8) is 0 Å². The molecule has 0 amide bonds. The number of benzene rings is 2. The van der Waals surface area contributed by atoms with Gasteiger partial charge in [-0.2, -0.15) is 0 Å². The van der Waals surface area contributed by atoms with Crippen LogP contribution in [0.3, 0.4) is 0 Å². The van der Waals surface area contributed by atoms with Gasteiger partial charge < -0.3 is 14.6 Å². The SMILES string of the molecule is COCCOc1cc(C)c(O)c2ccccc12. The predicted octanol–water partition coefficient (Wildman–Crippen LogP) is 2.88. The van der Waals surface area contributed by atoms with Crippen molar-refractivity contribution in [2.24, 2.45) is 0 Å². The highest BCUT2D eigenvalue weighted by molar-refractivity contribution is 5.94. The lowest BCUT2D eigenvalue weighted by molar-refractivity contribution is 0.147. The first-order chi connectivity index (χ1) is 8.24.